The van der Waals surface area contributed by atoms with Gasteiger partial charge in [-0.15, -0.1) is 6.58 Å². The molecule has 0 amide bonds. The van der Waals surface area contributed by atoms with E-state index in [9.17, 15) is 5.11 Å². The molecular formula is C10H19NO. The number of hydrogen-bond donors (Lipinski definition) is 1. The molecule has 0 aromatic rings. The Morgan fingerprint density at radius 3 is 2.83 bits per heavy atom. The van der Waals surface area contributed by atoms with E-state index in [1.54, 1.807) is 0 Å². The van der Waals surface area contributed by atoms with E-state index in [1.165, 1.54) is 0 Å². The molecule has 3 unspecified atom stereocenters. The van der Waals surface area contributed by atoms with Crippen molar-refractivity contribution in [1.82, 2.24) is 4.90 Å². The fraction of sp³-hybridized carbons (Fsp3) is 0.800. The minimum absolute atomic E-state index is 0.136. The molecule has 70 valence electrons. The normalized spacial score (nSPS) is 34.6. The fourth-order valence-corrected chi connectivity index (χ4v) is 1.82. The van der Waals surface area contributed by atoms with Crippen molar-refractivity contribution in [3.63, 3.8) is 0 Å². The monoisotopic (exact) mass is 169 g/mol. The number of aliphatic hydroxyl groups excluding tert-OH is 1. The summed E-state index contributed by atoms with van der Waals surface area (Å²) in [5.41, 5.74) is 0. The van der Waals surface area contributed by atoms with E-state index in [0.29, 0.717) is 12.1 Å². The summed E-state index contributed by atoms with van der Waals surface area (Å²) in [6.07, 6.45) is 3.85. The van der Waals surface area contributed by atoms with Crippen molar-refractivity contribution in [3.8, 4) is 0 Å². The first kappa shape index (κ1) is 9.75. The predicted octanol–water partition coefficient (Wildman–Crippen LogP) is 1.41. The molecule has 0 bridgehead atoms. The first-order chi connectivity index (χ1) is 5.65. The van der Waals surface area contributed by atoms with Crippen LogP contribution in [0.2, 0.25) is 0 Å². The molecule has 3 atom stereocenters. The van der Waals surface area contributed by atoms with Crippen LogP contribution in [-0.2, 0) is 0 Å². The SMILES string of the molecule is C=CC(C)N1CC(O)CCC1C. The Morgan fingerprint density at radius 1 is 1.58 bits per heavy atom. The number of β-amino-alcohol motifs (C(OH)–C–C–N with tert-alkyl or cyclic N) is 1. The van der Waals surface area contributed by atoms with Gasteiger partial charge in [-0.1, -0.05) is 6.08 Å². The Balaban J connectivity index is 2.53. The standard InChI is InChI=1S/C10H19NO/c1-4-8(2)11-7-10(12)6-5-9(11)3/h4,8-10,12H,1,5-7H2,2-3H3. The molecule has 1 saturated heterocycles. The molecule has 1 aliphatic heterocycles. The van der Waals surface area contributed by atoms with Crippen molar-refractivity contribution in [2.75, 3.05) is 6.54 Å². The molecule has 0 spiro atoms. The lowest BCUT2D eigenvalue weighted by molar-refractivity contribution is 0.0296. The van der Waals surface area contributed by atoms with Crippen molar-refractivity contribution < 1.29 is 5.11 Å². The Labute approximate surface area is 74.9 Å². The van der Waals surface area contributed by atoms with Crippen LogP contribution in [0.25, 0.3) is 0 Å². The first-order valence-corrected chi connectivity index (χ1v) is 4.71. The molecule has 1 fully saturated rings. The van der Waals surface area contributed by atoms with E-state index < -0.39 is 0 Å². The molecule has 1 rings (SSSR count). The van der Waals surface area contributed by atoms with Crippen LogP contribution in [0.1, 0.15) is 26.7 Å². The van der Waals surface area contributed by atoms with Gasteiger partial charge >= 0.3 is 0 Å². The van der Waals surface area contributed by atoms with Crippen molar-refractivity contribution in [3.05, 3.63) is 12.7 Å². The number of nitrogens with zero attached hydrogens (tertiary/aromatic N) is 1. The minimum Gasteiger partial charge on any atom is -0.392 e. The fourth-order valence-electron chi connectivity index (χ4n) is 1.82. The van der Waals surface area contributed by atoms with Crippen LogP contribution < -0.4 is 0 Å². The summed E-state index contributed by atoms with van der Waals surface area (Å²) in [6.45, 7) is 8.91. The lowest BCUT2D eigenvalue weighted by atomic mass is 9.99. The molecule has 1 heterocycles. The van der Waals surface area contributed by atoms with E-state index in [2.05, 4.69) is 25.3 Å². The lowest BCUT2D eigenvalue weighted by Crippen LogP contribution is -2.47. The van der Waals surface area contributed by atoms with E-state index in [0.717, 1.165) is 19.4 Å². The highest BCUT2D eigenvalue weighted by Gasteiger charge is 2.25. The van der Waals surface area contributed by atoms with Gasteiger partial charge in [0.1, 0.15) is 0 Å². The third-order valence-corrected chi connectivity index (χ3v) is 2.77. The van der Waals surface area contributed by atoms with Gasteiger partial charge in [-0.3, -0.25) is 4.90 Å². The summed E-state index contributed by atoms with van der Waals surface area (Å²) in [7, 11) is 0. The first-order valence-electron chi connectivity index (χ1n) is 4.71. The second-order valence-electron chi connectivity index (χ2n) is 3.75. The third kappa shape index (κ3) is 2.08. The quantitative estimate of drug-likeness (QED) is 0.632. The molecule has 12 heavy (non-hydrogen) atoms. The highest BCUT2D eigenvalue weighted by molar-refractivity contribution is 4.90. The molecule has 2 heteroatoms. The van der Waals surface area contributed by atoms with Gasteiger partial charge in [0.15, 0.2) is 0 Å². The van der Waals surface area contributed by atoms with Gasteiger partial charge in [0, 0.05) is 18.6 Å². The van der Waals surface area contributed by atoms with E-state index in [4.69, 9.17) is 0 Å². The zero-order valence-corrected chi connectivity index (χ0v) is 8.03. The summed E-state index contributed by atoms with van der Waals surface area (Å²) >= 11 is 0. The number of hydrogen-bond acceptors (Lipinski definition) is 2. The largest absolute Gasteiger partial charge is 0.392 e. The molecule has 0 radical (unpaired) electrons. The van der Waals surface area contributed by atoms with Crippen LogP contribution in [-0.4, -0.2) is 34.7 Å². The zero-order valence-electron chi connectivity index (χ0n) is 8.03. The molecule has 1 aliphatic rings. The van der Waals surface area contributed by atoms with E-state index in [1.807, 2.05) is 6.08 Å². The Kier molecular flexibility index (Phi) is 3.29. The third-order valence-electron chi connectivity index (χ3n) is 2.77. The van der Waals surface area contributed by atoms with Gasteiger partial charge in [-0.25, -0.2) is 0 Å². The second kappa shape index (κ2) is 4.06. The topological polar surface area (TPSA) is 23.5 Å². The van der Waals surface area contributed by atoms with Crippen molar-refractivity contribution in [2.24, 2.45) is 0 Å². The highest BCUT2D eigenvalue weighted by Crippen LogP contribution is 2.19. The summed E-state index contributed by atoms with van der Waals surface area (Å²) in [5.74, 6) is 0. The summed E-state index contributed by atoms with van der Waals surface area (Å²) in [5, 5.41) is 9.47. The van der Waals surface area contributed by atoms with Crippen LogP contribution in [0.4, 0.5) is 0 Å². The molecule has 2 nitrogen and oxygen atoms in total. The Hall–Kier alpha value is -0.340. The van der Waals surface area contributed by atoms with Crippen molar-refractivity contribution >= 4 is 0 Å². The van der Waals surface area contributed by atoms with Crippen LogP contribution in [0.5, 0.6) is 0 Å². The lowest BCUT2D eigenvalue weighted by Gasteiger charge is -2.39. The van der Waals surface area contributed by atoms with Gasteiger partial charge in [0.25, 0.3) is 0 Å². The average molecular weight is 169 g/mol. The van der Waals surface area contributed by atoms with Crippen molar-refractivity contribution in [1.29, 1.82) is 0 Å². The maximum absolute atomic E-state index is 9.47. The number of likely N-dealkylation sites (tertiary alicyclic amines) is 1. The average Bonchev–Trinajstić information content (AvgIpc) is 2.08. The van der Waals surface area contributed by atoms with E-state index in [-0.39, 0.29) is 6.10 Å². The smallest absolute Gasteiger partial charge is 0.0668 e. The molecule has 0 aromatic carbocycles. The number of piperidine rings is 1. The van der Waals surface area contributed by atoms with Gasteiger partial charge < -0.3 is 5.11 Å². The maximum atomic E-state index is 9.47. The molecule has 0 aliphatic carbocycles. The molecule has 1 N–H and O–H groups in total. The molecule has 0 aromatic heterocycles. The Morgan fingerprint density at radius 2 is 2.25 bits per heavy atom. The summed E-state index contributed by atoms with van der Waals surface area (Å²) in [6, 6.07) is 0.969. The van der Waals surface area contributed by atoms with Gasteiger partial charge in [0.2, 0.25) is 0 Å². The number of rotatable bonds is 2. The zero-order chi connectivity index (χ0) is 9.14. The van der Waals surface area contributed by atoms with Crippen molar-refractivity contribution in [2.45, 2.75) is 44.9 Å². The maximum Gasteiger partial charge on any atom is 0.0668 e. The molecule has 0 saturated carbocycles. The van der Waals surface area contributed by atoms with E-state index >= 15 is 0 Å². The molecular weight excluding hydrogens is 150 g/mol. The van der Waals surface area contributed by atoms with Gasteiger partial charge in [-0.2, -0.15) is 0 Å². The van der Waals surface area contributed by atoms with Gasteiger partial charge in [-0.05, 0) is 26.7 Å². The predicted molar refractivity (Wildman–Crippen MR) is 51.1 cm³/mol. The van der Waals surface area contributed by atoms with Crippen LogP contribution in [0, 0.1) is 0 Å². The van der Waals surface area contributed by atoms with Gasteiger partial charge in [0.05, 0.1) is 6.10 Å². The minimum atomic E-state index is -0.136. The highest BCUT2D eigenvalue weighted by atomic mass is 16.3. The second-order valence-corrected chi connectivity index (χ2v) is 3.75. The summed E-state index contributed by atoms with van der Waals surface area (Å²) in [4.78, 5) is 2.31. The summed E-state index contributed by atoms with van der Waals surface area (Å²) < 4.78 is 0. The van der Waals surface area contributed by atoms with Crippen LogP contribution >= 0.6 is 0 Å². The number of aliphatic hydroxyl groups is 1. The Bertz CT molecular complexity index is 158. The van der Waals surface area contributed by atoms with Crippen LogP contribution in [0.15, 0.2) is 12.7 Å². The van der Waals surface area contributed by atoms with Crippen LogP contribution in [0.3, 0.4) is 0 Å².